The summed E-state index contributed by atoms with van der Waals surface area (Å²) < 4.78 is 0. The quantitative estimate of drug-likeness (QED) is 0.435. The van der Waals surface area contributed by atoms with Gasteiger partial charge in [-0.3, -0.25) is 4.79 Å². The van der Waals surface area contributed by atoms with Gasteiger partial charge in [0, 0.05) is 6.54 Å². The number of halogens is 3. The summed E-state index contributed by atoms with van der Waals surface area (Å²) in [4.78, 5) is 17.3. The number of carbonyl (C=O) groups excluding carboxylic acids is 1. The fourth-order valence-electron chi connectivity index (χ4n) is 2.91. The van der Waals surface area contributed by atoms with Crippen LogP contribution in [0.2, 0.25) is 0 Å². The Morgan fingerprint density at radius 2 is 1.93 bits per heavy atom. The van der Waals surface area contributed by atoms with Crippen LogP contribution in [0, 0.1) is 0 Å². The first-order chi connectivity index (χ1) is 12.1. The predicted molar refractivity (Wildman–Crippen MR) is 116 cm³/mol. The van der Waals surface area contributed by atoms with Crippen LogP contribution < -0.4 is 10.6 Å². The molecule has 3 atom stereocenters. The molecular formula is C17H24Cl3N3O4S. The molecule has 1 fully saturated rings. The van der Waals surface area contributed by atoms with Gasteiger partial charge in [0.15, 0.2) is 0 Å². The van der Waals surface area contributed by atoms with Crippen LogP contribution in [0.5, 0.6) is 0 Å². The SMILES string of the molecule is Cl.Cl.Cl.O=C(N[C@@H](CO)c1ccc(-c2scnc2CO)cc1)[C@@H]1CC(O)CN1. The van der Waals surface area contributed by atoms with Crippen molar-refractivity contribution in [1.29, 1.82) is 0 Å². The molecule has 0 aliphatic carbocycles. The molecular weight excluding hydrogens is 449 g/mol. The van der Waals surface area contributed by atoms with Crippen LogP contribution in [-0.4, -0.2) is 51.5 Å². The second-order valence-corrected chi connectivity index (χ2v) is 6.86. The number of aliphatic hydroxyl groups is 3. The molecule has 1 unspecified atom stereocenters. The van der Waals surface area contributed by atoms with Crippen LogP contribution in [0.15, 0.2) is 29.8 Å². The molecule has 0 radical (unpaired) electrons. The van der Waals surface area contributed by atoms with Crippen molar-refractivity contribution in [3.05, 3.63) is 41.0 Å². The molecule has 1 aromatic heterocycles. The monoisotopic (exact) mass is 471 g/mol. The third-order valence-electron chi connectivity index (χ3n) is 4.29. The van der Waals surface area contributed by atoms with Crippen molar-refractivity contribution >= 4 is 54.5 Å². The van der Waals surface area contributed by atoms with Crippen LogP contribution >= 0.6 is 48.6 Å². The Kier molecular flexibility index (Phi) is 12.1. The highest BCUT2D eigenvalue weighted by Crippen LogP contribution is 2.28. The van der Waals surface area contributed by atoms with Gasteiger partial charge in [-0.15, -0.1) is 48.6 Å². The van der Waals surface area contributed by atoms with Crippen molar-refractivity contribution in [3.63, 3.8) is 0 Å². The Morgan fingerprint density at radius 3 is 2.46 bits per heavy atom. The average Bonchev–Trinajstić information content (AvgIpc) is 3.28. The molecule has 0 bridgehead atoms. The van der Waals surface area contributed by atoms with Gasteiger partial charge < -0.3 is 26.0 Å². The van der Waals surface area contributed by atoms with Crippen molar-refractivity contribution in [2.45, 2.75) is 31.2 Å². The highest BCUT2D eigenvalue weighted by Gasteiger charge is 2.29. The van der Waals surface area contributed by atoms with Gasteiger partial charge in [-0.25, -0.2) is 4.98 Å². The van der Waals surface area contributed by atoms with Gasteiger partial charge in [-0.1, -0.05) is 24.3 Å². The Morgan fingerprint density at radius 1 is 1.25 bits per heavy atom. The van der Waals surface area contributed by atoms with Gasteiger partial charge in [-0.2, -0.15) is 0 Å². The highest BCUT2D eigenvalue weighted by atomic mass is 35.5. The molecule has 1 aliphatic heterocycles. The molecule has 0 saturated carbocycles. The van der Waals surface area contributed by atoms with Crippen LogP contribution in [0.1, 0.15) is 23.7 Å². The molecule has 1 aliphatic rings. The molecule has 28 heavy (non-hydrogen) atoms. The fourth-order valence-corrected chi connectivity index (χ4v) is 3.72. The third kappa shape index (κ3) is 6.27. The fraction of sp³-hybridized carbons (Fsp3) is 0.412. The summed E-state index contributed by atoms with van der Waals surface area (Å²) >= 11 is 1.45. The number of aromatic nitrogens is 1. The van der Waals surface area contributed by atoms with E-state index in [2.05, 4.69) is 15.6 Å². The Bertz CT molecular complexity index is 733. The normalized spacial score (nSPS) is 19.0. The second kappa shape index (κ2) is 12.6. The minimum atomic E-state index is -0.514. The number of β-amino-alcohol motifs (C(OH)–C–C–N with tert-alkyl or cyclic N) is 1. The Labute approximate surface area is 185 Å². The van der Waals surface area contributed by atoms with Crippen LogP contribution in [-0.2, 0) is 11.4 Å². The summed E-state index contributed by atoms with van der Waals surface area (Å²) in [6.45, 7) is 0.0670. The van der Waals surface area contributed by atoms with Crippen LogP contribution in [0.25, 0.3) is 10.4 Å². The smallest absolute Gasteiger partial charge is 0.237 e. The maximum absolute atomic E-state index is 12.2. The van der Waals surface area contributed by atoms with Gasteiger partial charge in [0.2, 0.25) is 5.91 Å². The van der Waals surface area contributed by atoms with E-state index in [1.54, 1.807) is 5.51 Å². The number of nitrogens with one attached hydrogen (secondary N) is 2. The molecule has 1 amide bonds. The van der Waals surface area contributed by atoms with Gasteiger partial charge in [-0.05, 0) is 17.5 Å². The van der Waals surface area contributed by atoms with Gasteiger partial charge >= 0.3 is 0 Å². The lowest BCUT2D eigenvalue weighted by atomic mass is 10.0. The number of carbonyl (C=O) groups is 1. The molecule has 11 heteroatoms. The van der Waals surface area contributed by atoms with Crippen molar-refractivity contribution in [1.82, 2.24) is 15.6 Å². The standard InChI is InChI=1S/C17H21N3O4S.3ClH/c21-7-14(20-17(24)13-5-12(23)6-18-13)10-1-3-11(4-2-10)16-15(8-22)19-9-25-16;;;/h1-4,9,12-14,18,21-23H,5-8H2,(H,20,24);3*1H/t12?,13-,14-;;;/m0.../s1. The first-order valence-corrected chi connectivity index (χ1v) is 8.96. The molecule has 2 aromatic rings. The van der Waals surface area contributed by atoms with Gasteiger partial charge in [0.05, 0.1) is 47.5 Å². The summed E-state index contributed by atoms with van der Waals surface area (Å²) in [5, 5.41) is 34.2. The number of benzene rings is 1. The number of hydrogen-bond donors (Lipinski definition) is 5. The van der Waals surface area contributed by atoms with E-state index in [0.29, 0.717) is 18.7 Å². The zero-order valence-electron chi connectivity index (χ0n) is 14.8. The van der Waals surface area contributed by atoms with Crippen LogP contribution in [0.3, 0.4) is 0 Å². The third-order valence-corrected chi connectivity index (χ3v) is 5.21. The number of thiazole rings is 1. The largest absolute Gasteiger partial charge is 0.394 e. The summed E-state index contributed by atoms with van der Waals surface area (Å²) in [5.74, 6) is -0.232. The second-order valence-electron chi connectivity index (χ2n) is 6.00. The zero-order chi connectivity index (χ0) is 17.8. The molecule has 7 nitrogen and oxygen atoms in total. The molecule has 1 saturated heterocycles. The lowest BCUT2D eigenvalue weighted by Crippen LogP contribution is -2.42. The van der Waals surface area contributed by atoms with Crippen molar-refractivity contribution in [2.24, 2.45) is 0 Å². The lowest BCUT2D eigenvalue weighted by Gasteiger charge is -2.19. The number of hydrogen-bond acceptors (Lipinski definition) is 7. The maximum Gasteiger partial charge on any atom is 0.237 e. The van der Waals surface area contributed by atoms with E-state index in [9.17, 15) is 20.1 Å². The maximum atomic E-state index is 12.2. The van der Waals surface area contributed by atoms with E-state index in [4.69, 9.17) is 0 Å². The van der Waals surface area contributed by atoms with E-state index in [-0.39, 0.29) is 56.3 Å². The Hall–Kier alpha value is -0.970. The van der Waals surface area contributed by atoms with E-state index in [1.807, 2.05) is 24.3 Å². The number of nitrogens with zero attached hydrogens (tertiary/aromatic N) is 1. The Balaban J connectivity index is 0.00000243. The van der Waals surface area contributed by atoms with E-state index >= 15 is 0 Å². The van der Waals surface area contributed by atoms with E-state index < -0.39 is 18.2 Å². The summed E-state index contributed by atoms with van der Waals surface area (Å²) in [6.07, 6.45) is -0.138. The molecule has 0 spiro atoms. The summed E-state index contributed by atoms with van der Waals surface area (Å²) in [7, 11) is 0. The van der Waals surface area contributed by atoms with Gasteiger partial charge in [0.1, 0.15) is 0 Å². The van der Waals surface area contributed by atoms with Crippen molar-refractivity contribution in [3.8, 4) is 10.4 Å². The highest BCUT2D eigenvalue weighted by molar-refractivity contribution is 7.13. The predicted octanol–water partition coefficient (Wildman–Crippen LogP) is 1.44. The first kappa shape index (κ1) is 27.0. The number of aliphatic hydroxyl groups excluding tert-OH is 3. The minimum Gasteiger partial charge on any atom is -0.394 e. The topological polar surface area (TPSA) is 115 Å². The minimum absolute atomic E-state index is 0. The van der Waals surface area contributed by atoms with E-state index in [0.717, 1.165) is 16.0 Å². The molecule has 2 heterocycles. The molecule has 158 valence electrons. The summed E-state index contributed by atoms with van der Waals surface area (Å²) in [5.41, 5.74) is 4.04. The van der Waals surface area contributed by atoms with Crippen molar-refractivity contribution < 1.29 is 20.1 Å². The first-order valence-electron chi connectivity index (χ1n) is 8.08. The average molecular weight is 473 g/mol. The molecule has 1 aromatic carbocycles. The number of rotatable bonds is 6. The van der Waals surface area contributed by atoms with Crippen LogP contribution in [0.4, 0.5) is 0 Å². The van der Waals surface area contributed by atoms with Crippen molar-refractivity contribution in [2.75, 3.05) is 13.2 Å². The summed E-state index contributed by atoms with van der Waals surface area (Å²) in [6, 6.07) is 6.50. The molecule has 3 rings (SSSR count). The molecule has 5 N–H and O–H groups in total. The van der Waals surface area contributed by atoms with Gasteiger partial charge in [0.25, 0.3) is 0 Å². The lowest BCUT2D eigenvalue weighted by molar-refractivity contribution is -0.124. The zero-order valence-corrected chi connectivity index (χ0v) is 18.0. The van der Waals surface area contributed by atoms with E-state index in [1.165, 1.54) is 11.3 Å². The number of amides is 1.